The summed E-state index contributed by atoms with van der Waals surface area (Å²) in [7, 11) is 1.55. The lowest BCUT2D eigenvalue weighted by Gasteiger charge is -2.20. The zero-order valence-corrected chi connectivity index (χ0v) is 21.2. The van der Waals surface area contributed by atoms with Crippen LogP contribution >= 0.6 is 0 Å². The summed E-state index contributed by atoms with van der Waals surface area (Å²) in [5, 5.41) is 5.55. The van der Waals surface area contributed by atoms with Crippen molar-refractivity contribution in [1.82, 2.24) is 10.3 Å². The molecule has 0 aliphatic heterocycles. The first kappa shape index (κ1) is 27.8. The van der Waals surface area contributed by atoms with Gasteiger partial charge in [0, 0.05) is 12.7 Å². The molecule has 2 aromatic carbocycles. The van der Waals surface area contributed by atoms with Crippen molar-refractivity contribution in [3.05, 3.63) is 72.5 Å². The average Bonchev–Trinajstić information content (AvgIpc) is 2.88. The Kier molecular flexibility index (Phi) is 10.5. The van der Waals surface area contributed by atoms with Gasteiger partial charge in [-0.15, -0.1) is 0 Å². The van der Waals surface area contributed by atoms with Gasteiger partial charge in [-0.1, -0.05) is 19.9 Å². The second-order valence-corrected chi connectivity index (χ2v) is 8.77. The summed E-state index contributed by atoms with van der Waals surface area (Å²) < 4.78 is 29.0. The normalized spacial score (nSPS) is 11.7. The SMILES string of the molecule is COCCOCC(=O)N[C@@H](CC(C)C)C(=O)Nc1cccc(-c2ccc(Oc3ccc(F)cc3)cc2)n1. The van der Waals surface area contributed by atoms with E-state index in [1.165, 1.54) is 12.1 Å². The van der Waals surface area contributed by atoms with Gasteiger partial charge in [0.2, 0.25) is 11.8 Å². The van der Waals surface area contributed by atoms with Crippen molar-refractivity contribution in [3.63, 3.8) is 0 Å². The number of aromatic nitrogens is 1. The minimum Gasteiger partial charge on any atom is -0.457 e. The van der Waals surface area contributed by atoms with Crippen molar-refractivity contribution in [3.8, 4) is 22.8 Å². The number of hydrogen-bond donors (Lipinski definition) is 2. The van der Waals surface area contributed by atoms with Crippen molar-refractivity contribution in [2.45, 2.75) is 26.3 Å². The van der Waals surface area contributed by atoms with Gasteiger partial charge in [0.1, 0.15) is 35.8 Å². The maximum absolute atomic E-state index is 13.1. The van der Waals surface area contributed by atoms with Crippen molar-refractivity contribution >= 4 is 17.6 Å². The van der Waals surface area contributed by atoms with E-state index in [0.29, 0.717) is 42.6 Å². The van der Waals surface area contributed by atoms with Crippen molar-refractivity contribution in [1.29, 1.82) is 0 Å². The van der Waals surface area contributed by atoms with E-state index in [4.69, 9.17) is 14.2 Å². The van der Waals surface area contributed by atoms with Crippen LogP contribution in [-0.4, -0.2) is 49.8 Å². The molecule has 8 nitrogen and oxygen atoms in total. The zero-order chi connectivity index (χ0) is 26.6. The fourth-order valence-electron chi connectivity index (χ4n) is 3.46. The van der Waals surface area contributed by atoms with Gasteiger partial charge in [0.05, 0.1) is 18.9 Å². The van der Waals surface area contributed by atoms with E-state index in [-0.39, 0.29) is 30.2 Å². The molecule has 9 heteroatoms. The fraction of sp³-hybridized carbons (Fsp3) is 0.321. The molecule has 0 bridgehead atoms. The lowest BCUT2D eigenvalue weighted by atomic mass is 10.0. The number of carbonyl (C=O) groups is 2. The number of anilines is 1. The van der Waals surface area contributed by atoms with Gasteiger partial charge in [0.15, 0.2) is 0 Å². The predicted molar refractivity (Wildman–Crippen MR) is 139 cm³/mol. The Morgan fingerprint density at radius 1 is 0.946 bits per heavy atom. The lowest BCUT2D eigenvalue weighted by molar-refractivity contribution is -0.130. The highest BCUT2D eigenvalue weighted by Crippen LogP contribution is 2.26. The first-order valence-electron chi connectivity index (χ1n) is 12.0. The van der Waals surface area contributed by atoms with E-state index >= 15 is 0 Å². The molecule has 0 radical (unpaired) electrons. The van der Waals surface area contributed by atoms with Crippen molar-refractivity contribution < 1.29 is 28.2 Å². The molecular weight excluding hydrogens is 477 g/mol. The topological polar surface area (TPSA) is 98.8 Å². The molecule has 1 aromatic heterocycles. The van der Waals surface area contributed by atoms with Crippen molar-refractivity contribution in [2.24, 2.45) is 5.92 Å². The van der Waals surface area contributed by atoms with Crippen LogP contribution in [0, 0.1) is 11.7 Å². The summed E-state index contributed by atoms with van der Waals surface area (Å²) in [6, 6.07) is 17.6. The van der Waals surface area contributed by atoms with Crippen molar-refractivity contribution in [2.75, 3.05) is 32.2 Å². The van der Waals surface area contributed by atoms with Crippen LogP contribution in [0.3, 0.4) is 0 Å². The van der Waals surface area contributed by atoms with E-state index in [1.807, 2.05) is 32.0 Å². The second kappa shape index (κ2) is 14.1. The van der Waals surface area contributed by atoms with Crippen LogP contribution in [-0.2, 0) is 19.1 Å². The quantitative estimate of drug-likeness (QED) is 0.321. The van der Waals surface area contributed by atoms with E-state index in [9.17, 15) is 14.0 Å². The Labute approximate surface area is 216 Å². The molecule has 0 saturated heterocycles. The Morgan fingerprint density at radius 3 is 2.27 bits per heavy atom. The van der Waals surface area contributed by atoms with Crippen LogP contribution in [0.5, 0.6) is 11.5 Å². The van der Waals surface area contributed by atoms with E-state index in [1.54, 1.807) is 43.5 Å². The number of rotatable bonds is 13. The Morgan fingerprint density at radius 2 is 1.62 bits per heavy atom. The monoisotopic (exact) mass is 509 g/mol. The number of benzene rings is 2. The van der Waals surface area contributed by atoms with Gasteiger partial charge in [-0.25, -0.2) is 9.37 Å². The summed E-state index contributed by atoms with van der Waals surface area (Å²) >= 11 is 0. The van der Waals surface area contributed by atoms with Gasteiger partial charge < -0.3 is 24.8 Å². The van der Waals surface area contributed by atoms with Crippen LogP contribution in [0.1, 0.15) is 20.3 Å². The molecule has 2 amide bonds. The second-order valence-electron chi connectivity index (χ2n) is 8.77. The maximum atomic E-state index is 13.1. The number of ether oxygens (including phenoxy) is 3. The number of pyridine rings is 1. The van der Waals surface area contributed by atoms with Crippen LogP contribution in [0.15, 0.2) is 66.7 Å². The highest BCUT2D eigenvalue weighted by atomic mass is 19.1. The third-order valence-corrected chi connectivity index (χ3v) is 5.22. The van der Waals surface area contributed by atoms with Gasteiger partial charge in [-0.05, 0) is 73.0 Å². The molecule has 196 valence electrons. The number of nitrogens with one attached hydrogen (secondary N) is 2. The number of nitrogens with zero attached hydrogens (tertiary/aromatic N) is 1. The number of amides is 2. The summed E-state index contributed by atoms with van der Waals surface area (Å²) in [6.45, 7) is 4.48. The van der Waals surface area contributed by atoms with Crippen LogP contribution < -0.4 is 15.4 Å². The minimum absolute atomic E-state index is 0.153. The largest absolute Gasteiger partial charge is 0.457 e. The highest BCUT2D eigenvalue weighted by Gasteiger charge is 2.22. The number of hydrogen-bond acceptors (Lipinski definition) is 6. The molecule has 37 heavy (non-hydrogen) atoms. The van der Waals surface area contributed by atoms with Crippen LogP contribution in [0.2, 0.25) is 0 Å². The maximum Gasteiger partial charge on any atom is 0.248 e. The Hall–Kier alpha value is -3.82. The Balaban J connectivity index is 1.63. The molecule has 3 aromatic rings. The van der Waals surface area contributed by atoms with Crippen LogP contribution in [0.4, 0.5) is 10.2 Å². The number of methoxy groups -OCH3 is 1. The zero-order valence-electron chi connectivity index (χ0n) is 21.2. The molecule has 0 fully saturated rings. The minimum atomic E-state index is -0.730. The molecule has 0 aliphatic carbocycles. The van der Waals surface area contributed by atoms with Gasteiger partial charge in [-0.3, -0.25) is 9.59 Å². The smallest absolute Gasteiger partial charge is 0.248 e. The summed E-state index contributed by atoms with van der Waals surface area (Å²) in [6.07, 6.45) is 0.463. The molecule has 3 rings (SSSR count). The summed E-state index contributed by atoms with van der Waals surface area (Å²) in [5.74, 6) is 0.618. The fourth-order valence-corrected chi connectivity index (χ4v) is 3.46. The summed E-state index contributed by atoms with van der Waals surface area (Å²) in [4.78, 5) is 29.8. The van der Waals surface area contributed by atoms with Crippen LogP contribution in [0.25, 0.3) is 11.3 Å². The third kappa shape index (κ3) is 9.29. The van der Waals surface area contributed by atoms with E-state index in [0.717, 1.165) is 5.56 Å². The van der Waals surface area contributed by atoms with E-state index in [2.05, 4.69) is 15.6 Å². The standard InChI is InChI=1S/C28H32FN3O5/c1-19(2)17-25(31-27(33)18-36-16-15-35-3)28(34)32-26-6-4-5-24(30-26)20-7-11-22(12-8-20)37-23-13-9-21(29)10-14-23/h4-14,19,25H,15-18H2,1-3H3,(H,31,33)(H,30,32,34)/t25-/m0/s1. The van der Waals surface area contributed by atoms with Gasteiger partial charge in [0.25, 0.3) is 0 Å². The first-order valence-corrected chi connectivity index (χ1v) is 12.0. The molecular formula is C28H32FN3O5. The molecule has 0 spiro atoms. The third-order valence-electron chi connectivity index (χ3n) is 5.22. The average molecular weight is 510 g/mol. The number of halogens is 1. The molecule has 1 heterocycles. The van der Waals surface area contributed by atoms with Gasteiger partial charge >= 0.3 is 0 Å². The lowest BCUT2D eigenvalue weighted by Crippen LogP contribution is -2.46. The number of carbonyl (C=O) groups excluding carboxylic acids is 2. The molecule has 0 aliphatic rings. The molecule has 0 unspecified atom stereocenters. The molecule has 2 N–H and O–H groups in total. The highest BCUT2D eigenvalue weighted by molar-refractivity contribution is 5.96. The van der Waals surface area contributed by atoms with E-state index < -0.39 is 6.04 Å². The molecule has 1 atom stereocenters. The Bertz CT molecular complexity index is 1150. The van der Waals surface area contributed by atoms with Gasteiger partial charge in [-0.2, -0.15) is 0 Å². The summed E-state index contributed by atoms with van der Waals surface area (Å²) in [5.41, 5.74) is 1.48. The predicted octanol–water partition coefficient (Wildman–Crippen LogP) is 4.81. The molecule has 0 saturated carbocycles. The first-order chi connectivity index (χ1) is 17.8.